The Labute approximate surface area is 154 Å². The molecule has 1 fully saturated rings. The zero-order valence-corrected chi connectivity index (χ0v) is 15.8. The van der Waals surface area contributed by atoms with Gasteiger partial charge < -0.3 is 19.5 Å². The summed E-state index contributed by atoms with van der Waals surface area (Å²) in [6, 6.07) is 8.85. The van der Waals surface area contributed by atoms with Crippen molar-refractivity contribution in [3.05, 3.63) is 35.9 Å². The Morgan fingerprint density at radius 1 is 1.19 bits per heavy atom. The lowest BCUT2D eigenvalue weighted by Gasteiger charge is -2.42. The summed E-state index contributed by atoms with van der Waals surface area (Å²) >= 11 is 0. The topological polar surface area (TPSA) is 79.3 Å². The van der Waals surface area contributed by atoms with Crippen molar-refractivity contribution >= 4 is 12.2 Å². The number of aliphatic hydroxyl groups is 1. The predicted octanol–water partition coefficient (Wildman–Crippen LogP) is 2.63. The first-order valence-corrected chi connectivity index (χ1v) is 8.80. The molecule has 0 saturated carbocycles. The maximum absolute atomic E-state index is 12.4. The van der Waals surface area contributed by atoms with Crippen molar-refractivity contribution in [3.8, 4) is 0 Å². The number of nitrogens with zero attached hydrogens (tertiary/aromatic N) is 2. The molecule has 144 valence electrons. The second kappa shape index (κ2) is 8.40. The molecule has 2 atom stereocenters. The van der Waals surface area contributed by atoms with Crippen LogP contribution in [-0.4, -0.2) is 64.5 Å². The summed E-state index contributed by atoms with van der Waals surface area (Å²) < 4.78 is 10.7. The number of piperazine rings is 1. The van der Waals surface area contributed by atoms with Gasteiger partial charge in [-0.2, -0.15) is 0 Å². The fourth-order valence-corrected chi connectivity index (χ4v) is 2.74. The number of ether oxygens (including phenoxy) is 2. The lowest BCUT2D eigenvalue weighted by molar-refractivity contribution is -0.0212. The summed E-state index contributed by atoms with van der Waals surface area (Å²) in [6.45, 7) is 7.98. The zero-order valence-electron chi connectivity index (χ0n) is 15.8. The van der Waals surface area contributed by atoms with Crippen molar-refractivity contribution in [1.29, 1.82) is 0 Å². The molecule has 2 rings (SSSR count). The number of benzene rings is 1. The van der Waals surface area contributed by atoms with E-state index in [0.29, 0.717) is 6.54 Å². The molecule has 0 spiro atoms. The molecule has 1 unspecified atom stereocenters. The molecular formula is C19H28N2O5. The average molecular weight is 364 g/mol. The average Bonchev–Trinajstić information content (AvgIpc) is 2.58. The van der Waals surface area contributed by atoms with Gasteiger partial charge in [0, 0.05) is 19.6 Å². The van der Waals surface area contributed by atoms with E-state index >= 15 is 0 Å². The minimum Gasteiger partial charge on any atom is -0.445 e. The zero-order chi connectivity index (χ0) is 19.3. The van der Waals surface area contributed by atoms with E-state index in [0.717, 1.165) is 5.56 Å². The van der Waals surface area contributed by atoms with Gasteiger partial charge in [-0.3, -0.25) is 4.90 Å². The first-order chi connectivity index (χ1) is 12.2. The number of carbonyl (C=O) groups excluding carboxylic acids is 2. The van der Waals surface area contributed by atoms with E-state index in [9.17, 15) is 14.7 Å². The first-order valence-electron chi connectivity index (χ1n) is 8.80. The molecule has 0 bridgehead atoms. The Hall–Kier alpha value is -2.28. The number of amides is 2. The molecule has 1 N–H and O–H groups in total. The van der Waals surface area contributed by atoms with Crippen LogP contribution in [0.25, 0.3) is 0 Å². The van der Waals surface area contributed by atoms with E-state index in [-0.39, 0.29) is 19.7 Å². The molecule has 1 aliphatic rings. The number of hydrogen-bond acceptors (Lipinski definition) is 5. The van der Waals surface area contributed by atoms with Crippen LogP contribution in [0.2, 0.25) is 0 Å². The van der Waals surface area contributed by atoms with Crippen LogP contribution in [0.3, 0.4) is 0 Å². The number of aliphatic hydroxyl groups excluding tert-OH is 1. The molecule has 0 aromatic heterocycles. The van der Waals surface area contributed by atoms with Crippen LogP contribution in [0.4, 0.5) is 9.59 Å². The summed E-state index contributed by atoms with van der Waals surface area (Å²) in [5.41, 5.74) is 0.297. The quantitative estimate of drug-likeness (QED) is 0.892. The highest BCUT2D eigenvalue weighted by Gasteiger charge is 2.37. The normalized spacial score (nSPS) is 19.0. The number of rotatable bonds is 3. The molecule has 1 heterocycles. The predicted molar refractivity (Wildman–Crippen MR) is 96.6 cm³/mol. The smallest absolute Gasteiger partial charge is 0.410 e. The Bertz CT molecular complexity index is 612. The van der Waals surface area contributed by atoms with Crippen molar-refractivity contribution in [1.82, 2.24) is 9.80 Å². The van der Waals surface area contributed by atoms with E-state index in [1.54, 1.807) is 27.7 Å². The second-order valence-electron chi connectivity index (χ2n) is 7.47. The van der Waals surface area contributed by atoms with E-state index < -0.39 is 29.9 Å². The van der Waals surface area contributed by atoms with Crippen LogP contribution in [0.15, 0.2) is 30.3 Å². The van der Waals surface area contributed by atoms with E-state index in [2.05, 4.69) is 0 Å². The van der Waals surface area contributed by atoms with Crippen molar-refractivity contribution in [2.45, 2.75) is 52.0 Å². The highest BCUT2D eigenvalue weighted by Crippen LogP contribution is 2.18. The van der Waals surface area contributed by atoms with Gasteiger partial charge in [0.2, 0.25) is 0 Å². The molecule has 1 saturated heterocycles. The molecule has 7 nitrogen and oxygen atoms in total. The third-order valence-electron chi connectivity index (χ3n) is 4.07. The van der Waals surface area contributed by atoms with Crippen LogP contribution in [0.5, 0.6) is 0 Å². The first kappa shape index (κ1) is 20.0. The van der Waals surface area contributed by atoms with Crippen molar-refractivity contribution in [2.75, 3.05) is 19.6 Å². The highest BCUT2D eigenvalue weighted by molar-refractivity contribution is 5.71. The lowest BCUT2D eigenvalue weighted by atomic mass is 10.1. The van der Waals surface area contributed by atoms with E-state index in [1.807, 2.05) is 30.3 Å². The molecule has 0 aliphatic carbocycles. The molecule has 0 radical (unpaired) electrons. The minimum atomic E-state index is -0.801. The Morgan fingerprint density at radius 2 is 1.85 bits per heavy atom. The molecule has 1 aromatic rings. The van der Waals surface area contributed by atoms with Gasteiger partial charge in [-0.05, 0) is 33.3 Å². The number of hydrogen-bond donors (Lipinski definition) is 1. The largest absolute Gasteiger partial charge is 0.445 e. The standard InChI is InChI=1S/C19H28N2O5/c1-14(22)16-12-20(17(23)26-19(2,3)4)10-11-21(16)18(24)25-13-15-8-6-5-7-9-15/h5-9,14,16,22H,10-13H2,1-4H3/t14-,16?/m1/s1. The van der Waals surface area contributed by atoms with Crippen molar-refractivity contribution in [2.24, 2.45) is 0 Å². The molecule has 7 heteroatoms. The van der Waals surface area contributed by atoms with Gasteiger partial charge in [-0.1, -0.05) is 30.3 Å². The second-order valence-corrected chi connectivity index (χ2v) is 7.47. The van der Waals surface area contributed by atoms with E-state index in [4.69, 9.17) is 9.47 Å². The Kier molecular flexibility index (Phi) is 6.47. The third kappa shape index (κ3) is 5.62. The van der Waals surface area contributed by atoms with Crippen LogP contribution in [-0.2, 0) is 16.1 Å². The summed E-state index contributed by atoms with van der Waals surface area (Å²) in [7, 11) is 0. The van der Waals surface area contributed by atoms with Gasteiger partial charge in [0.05, 0.1) is 12.1 Å². The fourth-order valence-electron chi connectivity index (χ4n) is 2.74. The maximum Gasteiger partial charge on any atom is 0.410 e. The van der Waals surface area contributed by atoms with Gasteiger partial charge in [0.1, 0.15) is 12.2 Å². The Balaban J connectivity index is 1.97. The van der Waals surface area contributed by atoms with E-state index in [1.165, 1.54) is 9.80 Å². The van der Waals surface area contributed by atoms with Gasteiger partial charge in [0.15, 0.2) is 0 Å². The molecule has 26 heavy (non-hydrogen) atoms. The molecular weight excluding hydrogens is 336 g/mol. The van der Waals surface area contributed by atoms with Crippen LogP contribution in [0.1, 0.15) is 33.3 Å². The van der Waals surface area contributed by atoms with Crippen LogP contribution in [0, 0.1) is 0 Å². The lowest BCUT2D eigenvalue weighted by Crippen LogP contribution is -2.60. The van der Waals surface area contributed by atoms with Gasteiger partial charge in [0.25, 0.3) is 0 Å². The molecule has 2 amide bonds. The highest BCUT2D eigenvalue weighted by atomic mass is 16.6. The summed E-state index contributed by atoms with van der Waals surface area (Å²) in [4.78, 5) is 27.7. The van der Waals surface area contributed by atoms with Gasteiger partial charge >= 0.3 is 12.2 Å². The van der Waals surface area contributed by atoms with Crippen molar-refractivity contribution < 1.29 is 24.2 Å². The fraction of sp³-hybridized carbons (Fsp3) is 0.579. The number of carbonyl (C=O) groups is 2. The summed E-state index contributed by atoms with van der Waals surface area (Å²) in [5.74, 6) is 0. The minimum absolute atomic E-state index is 0.165. The SMILES string of the molecule is C[C@@H](O)C1CN(C(=O)OC(C)(C)C)CCN1C(=O)OCc1ccccc1. The molecule has 1 aromatic carbocycles. The van der Waals surface area contributed by atoms with Crippen LogP contribution < -0.4 is 0 Å². The third-order valence-corrected chi connectivity index (χ3v) is 4.07. The van der Waals surface area contributed by atoms with Crippen LogP contribution >= 0.6 is 0 Å². The summed E-state index contributed by atoms with van der Waals surface area (Å²) in [5, 5.41) is 10.1. The van der Waals surface area contributed by atoms with Crippen molar-refractivity contribution in [3.63, 3.8) is 0 Å². The molecule has 1 aliphatic heterocycles. The van der Waals surface area contributed by atoms with Gasteiger partial charge in [-0.25, -0.2) is 9.59 Å². The van der Waals surface area contributed by atoms with Gasteiger partial charge in [-0.15, -0.1) is 0 Å². The maximum atomic E-state index is 12.4. The summed E-state index contributed by atoms with van der Waals surface area (Å²) in [6.07, 6.45) is -1.74. The Morgan fingerprint density at radius 3 is 2.42 bits per heavy atom. The monoisotopic (exact) mass is 364 g/mol.